The van der Waals surface area contributed by atoms with Crippen LogP contribution < -0.4 is 15.1 Å². The molecule has 0 fully saturated rings. The fourth-order valence-electron chi connectivity index (χ4n) is 3.38. The highest BCUT2D eigenvalue weighted by Gasteiger charge is 2.17. The van der Waals surface area contributed by atoms with Gasteiger partial charge in [-0.2, -0.15) is 0 Å². The SMILES string of the molecule is CCOc1ccc2cc(-n3nncc3COc3nc(-c4ccccc4)sc3C=O)c(=O)oc2c1. The summed E-state index contributed by atoms with van der Waals surface area (Å²) >= 11 is 1.24. The van der Waals surface area contributed by atoms with Gasteiger partial charge < -0.3 is 13.9 Å². The minimum absolute atomic E-state index is 0.00738. The Morgan fingerprint density at radius 3 is 2.76 bits per heavy atom. The average Bonchev–Trinajstić information content (AvgIpc) is 3.50. The molecule has 0 unspecified atom stereocenters. The maximum absolute atomic E-state index is 12.7. The number of nitrogens with zero attached hydrogens (tertiary/aromatic N) is 4. The first-order chi connectivity index (χ1) is 16.7. The van der Waals surface area contributed by atoms with Crippen LogP contribution in [0.15, 0.2) is 70.0 Å². The van der Waals surface area contributed by atoms with E-state index in [1.807, 2.05) is 37.3 Å². The Balaban J connectivity index is 1.42. The molecule has 3 aromatic heterocycles. The first kappa shape index (κ1) is 21.5. The lowest BCUT2D eigenvalue weighted by Gasteiger charge is -2.08. The van der Waals surface area contributed by atoms with Crippen molar-refractivity contribution in [3.05, 3.63) is 81.8 Å². The highest BCUT2D eigenvalue weighted by molar-refractivity contribution is 7.16. The van der Waals surface area contributed by atoms with E-state index < -0.39 is 5.63 Å². The Labute approximate surface area is 197 Å². The molecular formula is C24H18N4O5S. The summed E-state index contributed by atoms with van der Waals surface area (Å²) in [4.78, 5) is 29.1. The molecule has 2 aromatic carbocycles. The van der Waals surface area contributed by atoms with Crippen LogP contribution >= 0.6 is 11.3 Å². The van der Waals surface area contributed by atoms with Gasteiger partial charge in [-0.1, -0.05) is 35.5 Å². The number of aldehydes is 1. The molecule has 0 saturated carbocycles. The van der Waals surface area contributed by atoms with E-state index in [9.17, 15) is 9.59 Å². The lowest BCUT2D eigenvalue weighted by Crippen LogP contribution is -2.15. The average molecular weight is 474 g/mol. The van der Waals surface area contributed by atoms with Crippen LogP contribution in [0.2, 0.25) is 0 Å². The zero-order valence-electron chi connectivity index (χ0n) is 18.0. The molecule has 0 spiro atoms. The van der Waals surface area contributed by atoms with Gasteiger partial charge in [0.05, 0.1) is 12.8 Å². The monoisotopic (exact) mass is 474 g/mol. The van der Waals surface area contributed by atoms with E-state index in [1.54, 1.807) is 24.3 Å². The molecule has 5 rings (SSSR count). The molecule has 3 heterocycles. The molecule has 0 radical (unpaired) electrons. The van der Waals surface area contributed by atoms with Gasteiger partial charge in [-0.15, -0.1) is 16.4 Å². The predicted octanol–water partition coefficient (Wildman–Crippen LogP) is 4.29. The molecule has 170 valence electrons. The number of fused-ring (bicyclic) bond motifs is 1. The second-order valence-corrected chi connectivity index (χ2v) is 8.18. The molecule has 9 nitrogen and oxygen atoms in total. The summed E-state index contributed by atoms with van der Waals surface area (Å²) in [7, 11) is 0. The highest BCUT2D eigenvalue weighted by atomic mass is 32.1. The van der Waals surface area contributed by atoms with Crippen LogP contribution in [0.1, 0.15) is 22.3 Å². The normalized spacial score (nSPS) is 11.0. The van der Waals surface area contributed by atoms with Gasteiger partial charge >= 0.3 is 5.63 Å². The van der Waals surface area contributed by atoms with Crippen molar-refractivity contribution in [1.29, 1.82) is 0 Å². The molecule has 34 heavy (non-hydrogen) atoms. The van der Waals surface area contributed by atoms with Gasteiger partial charge in [0, 0.05) is 17.0 Å². The molecule has 0 aliphatic rings. The summed E-state index contributed by atoms with van der Waals surface area (Å²) in [5.74, 6) is 0.825. The summed E-state index contributed by atoms with van der Waals surface area (Å²) in [5, 5.41) is 9.31. The van der Waals surface area contributed by atoms with Crippen molar-refractivity contribution in [1.82, 2.24) is 20.0 Å². The van der Waals surface area contributed by atoms with Crippen LogP contribution in [0, 0.1) is 0 Å². The van der Waals surface area contributed by atoms with Crippen molar-refractivity contribution >= 4 is 28.6 Å². The van der Waals surface area contributed by atoms with E-state index >= 15 is 0 Å². The Morgan fingerprint density at radius 2 is 1.97 bits per heavy atom. The van der Waals surface area contributed by atoms with Crippen molar-refractivity contribution in [2.24, 2.45) is 0 Å². The second-order valence-electron chi connectivity index (χ2n) is 7.15. The van der Waals surface area contributed by atoms with Crippen LogP contribution in [-0.4, -0.2) is 32.9 Å². The summed E-state index contributed by atoms with van der Waals surface area (Å²) in [6.45, 7) is 2.38. The topological polar surface area (TPSA) is 109 Å². The fourth-order valence-corrected chi connectivity index (χ4v) is 4.22. The minimum Gasteiger partial charge on any atom is -0.494 e. The van der Waals surface area contributed by atoms with Crippen molar-refractivity contribution in [3.8, 4) is 27.9 Å². The molecule has 0 aliphatic heterocycles. The lowest BCUT2D eigenvalue weighted by atomic mass is 10.2. The van der Waals surface area contributed by atoms with Gasteiger partial charge in [0.1, 0.15) is 33.5 Å². The third kappa shape index (κ3) is 4.18. The van der Waals surface area contributed by atoms with Crippen molar-refractivity contribution in [2.75, 3.05) is 6.61 Å². The lowest BCUT2D eigenvalue weighted by molar-refractivity contribution is 0.112. The maximum Gasteiger partial charge on any atom is 0.362 e. The number of hydrogen-bond acceptors (Lipinski definition) is 9. The molecule has 0 bridgehead atoms. The molecule has 10 heteroatoms. The summed E-state index contributed by atoms with van der Waals surface area (Å²) in [6, 6.07) is 16.5. The number of rotatable bonds is 8. The van der Waals surface area contributed by atoms with Gasteiger partial charge in [0.25, 0.3) is 0 Å². The smallest absolute Gasteiger partial charge is 0.362 e. The molecule has 0 N–H and O–H groups in total. The molecule has 0 amide bonds. The number of benzene rings is 2. The minimum atomic E-state index is -0.582. The van der Waals surface area contributed by atoms with Crippen LogP contribution in [-0.2, 0) is 6.61 Å². The molecule has 5 aromatic rings. The van der Waals surface area contributed by atoms with E-state index in [1.165, 1.54) is 22.2 Å². The van der Waals surface area contributed by atoms with Crippen LogP contribution in [0.4, 0.5) is 0 Å². The van der Waals surface area contributed by atoms with Gasteiger partial charge in [-0.3, -0.25) is 4.79 Å². The summed E-state index contributed by atoms with van der Waals surface area (Å²) < 4.78 is 18.1. The molecule has 0 aliphatic carbocycles. The third-order valence-electron chi connectivity index (χ3n) is 4.95. The van der Waals surface area contributed by atoms with Gasteiger partial charge in [0.2, 0.25) is 5.88 Å². The molecule has 0 saturated heterocycles. The van der Waals surface area contributed by atoms with E-state index in [-0.39, 0.29) is 18.2 Å². The zero-order chi connectivity index (χ0) is 23.5. The predicted molar refractivity (Wildman–Crippen MR) is 126 cm³/mol. The van der Waals surface area contributed by atoms with Crippen LogP contribution in [0.3, 0.4) is 0 Å². The van der Waals surface area contributed by atoms with Crippen molar-refractivity contribution in [2.45, 2.75) is 13.5 Å². The van der Waals surface area contributed by atoms with Gasteiger partial charge in [-0.25, -0.2) is 14.5 Å². The first-order valence-electron chi connectivity index (χ1n) is 10.4. The molecular weight excluding hydrogens is 456 g/mol. The highest BCUT2D eigenvalue weighted by Crippen LogP contribution is 2.31. The van der Waals surface area contributed by atoms with Crippen molar-refractivity contribution < 1.29 is 18.7 Å². The van der Waals surface area contributed by atoms with Crippen LogP contribution in [0.25, 0.3) is 27.2 Å². The molecule has 0 atom stereocenters. The Morgan fingerprint density at radius 1 is 1.12 bits per heavy atom. The Kier molecular flexibility index (Phi) is 5.88. The van der Waals surface area contributed by atoms with E-state index in [2.05, 4.69) is 15.3 Å². The third-order valence-corrected chi connectivity index (χ3v) is 5.96. The largest absolute Gasteiger partial charge is 0.494 e. The fraction of sp³-hybridized carbons (Fsp3) is 0.125. The number of carbonyl (C=O) groups is 1. The number of ether oxygens (including phenoxy) is 2. The van der Waals surface area contributed by atoms with Gasteiger partial charge in [-0.05, 0) is 25.1 Å². The number of aromatic nitrogens is 4. The summed E-state index contributed by atoms with van der Waals surface area (Å²) in [6.07, 6.45) is 2.19. The zero-order valence-corrected chi connectivity index (χ0v) is 18.8. The number of carbonyl (C=O) groups excluding carboxylic acids is 1. The number of hydrogen-bond donors (Lipinski definition) is 0. The van der Waals surface area contributed by atoms with E-state index in [0.717, 1.165) is 5.56 Å². The van der Waals surface area contributed by atoms with Gasteiger partial charge in [0.15, 0.2) is 12.0 Å². The van der Waals surface area contributed by atoms with Crippen molar-refractivity contribution in [3.63, 3.8) is 0 Å². The van der Waals surface area contributed by atoms with E-state index in [4.69, 9.17) is 13.9 Å². The maximum atomic E-state index is 12.7. The number of thiazole rings is 1. The Hall–Kier alpha value is -4.31. The standard InChI is InChI=1S/C24H18N4O5S/c1-2-31-18-9-8-16-10-19(24(30)33-20(16)11-18)28-17(12-25-27-28)14-32-22-21(13-29)34-23(26-22)15-6-4-3-5-7-15/h3-13H,2,14H2,1H3. The second kappa shape index (κ2) is 9.28. The Bertz CT molecular complexity index is 1520. The first-order valence-corrected chi connectivity index (χ1v) is 11.2. The van der Waals surface area contributed by atoms with E-state index in [0.29, 0.717) is 45.2 Å². The quantitative estimate of drug-likeness (QED) is 0.242. The summed E-state index contributed by atoms with van der Waals surface area (Å²) in [5.41, 5.74) is 1.39. The van der Waals surface area contributed by atoms with Crippen LogP contribution in [0.5, 0.6) is 11.6 Å².